The van der Waals surface area contributed by atoms with Crippen molar-refractivity contribution in [2.75, 3.05) is 6.61 Å². The summed E-state index contributed by atoms with van der Waals surface area (Å²) >= 11 is 6.05. The van der Waals surface area contributed by atoms with Crippen LogP contribution >= 0.6 is 11.6 Å². The molecule has 0 unspecified atom stereocenters. The second-order valence-electron chi connectivity index (χ2n) is 5.44. The summed E-state index contributed by atoms with van der Waals surface area (Å²) in [7, 11) is 0. The number of rotatable bonds is 5. The number of fused-ring (bicyclic) bond motifs is 1. The molecular weight excluding hydrogens is 298 g/mol. The average Bonchev–Trinajstić information content (AvgIpc) is 2.99. The molecule has 2 aromatic rings. The quantitative estimate of drug-likeness (QED) is 0.916. The van der Waals surface area contributed by atoms with Crippen LogP contribution in [0.3, 0.4) is 0 Å². The predicted octanol–water partition coefficient (Wildman–Crippen LogP) is 3.52. The van der Waals surface area contributed by atoms with E-state index in [0.29, 0.717) is 11.6 Å². The fraction of sp³-hybridized carbons (Fsp3) is 0.278. The van der Waals surface area contributed by atoms with Crippen LogP contribution in [0.25, 0.3) is 0 Å². The minimum Gasteiger partial charge on any atom is -0.484 e. The molecule has 1 amide bonds. The second kappa shape index (κ2) is 6.84. The van der Waals surface area contributed by atoms with E-state index in [2.05, 4.69) is 11.4 Å². The van der Waals surface area contributed by atoms with Crippen molar-refractivity contribution in [1.82, 2.24) is 5.32 Å². The third kappa shape index (κ3) is 3.60. The van der Waals surface area contributed by atoms with Crippen molar-refractivity contribution < 1.29 is 9.53 Å². The normalized spacial score (nSPS) is 12.8. The van der Waals surface area contributed by atoms with Gasteiger partial charge >= 0.3 is 0 Å². The molecule has 0 heterocycles. The van der Waals surface area contributed by atoms with Crippen LogP contribution in [0, 0.1) is 0 Å². The summed E-state index contributed by atoms with van der Waals surface area (Å²) < 4.78 is 5.57. The van der Waals surface area contributed by atoms with Crippen LogP contribution in [-0.2, 0) is 24.2 Å². The van der Waals surface area contributed by atoms with Crippen LogP contribution in [0.15, 0.2) is 42.5 Å². The lowest BCUT2D eigenvalue weighted by molar-refractivity contribution is -0.123. The largest absolute Gasteiger partial charge is 0.484 e. The summed E-state index contributed by atoms with van der Waals surface area (Å²) in [6, 6.07) is 13.5. The molecule has 22 heavy (non-hydrogen) atoms. The highest BCUT2D eigenvalue weighted by Gasteiger charge is 2.12. The molecule has 0 aliphatic heterocycles. The Morgan fingerprint density at radius 3 is 2.82 bits per heavy atom. The van der Waals surface area contributed by atoms with Gasteiger partial charge in [-0.25, -0.2) is 0 Å². The SMILES string of the molecule is O=C(COc1ccc2c(c1)CCC2)NCc1ccccc1Cl. The number of benzene rings is 2. The van der Waals surface area contributed by atoms with Crippen molar-refractivity contribution in [2.45, 2.75) is 25.8 Å². The first-order valence-electron chi connectivity index (χ1n) is 7.47. The zero-order valence-electron chi connectivity index (χ0n) is 12.3. The standard InChI is InChI=1S/C18H18ClNO2/c19-17-7-2-1-4-15(17)11-20-18(21)12-22-16-9-8-13-5-3-6-14(13)10-16/h1-2,4,7-10H,3,5-6,11-12H2,(H,20,21). The van der Waals surface area contributed by atoms with Gasteiger partial charge in [-0.15, -0.1) is 0 Å². The first-order chi connectivity index (χ1) is 10.7. The van der Waals surface area contributed by atoms with E-state index in [1.54, 1.807) is 0 Å². The zero-order valence-corrected chi connectivity index (χ0v) is 13.0. The number of aryl methyl sites for hydroxylation is 2. The third-order valence-electron chi connectivity index (χ3n) is 3.87. The molecule has 0 aromatic heterocycles. The predicted molar refractivity (Wildman–Crippen MR) is 87.3 cm³/mol. The number of ether oxygens (including phenoxy) is 1. The average molecular weight is 316 g/mol. The number of carbonyl (C=O) groups excluding carboxylic acids is 1. The molecule has 114 valence electrons. The molecule has 0 saturated carbocycles. The van der Waals surface area contributed by atoms with Crippen LogP contribution in [0.4, 0.5) is 0 Å². The van der Waals surface area contributed by atoms with Gasteiger partial charge in [0, 0.05) is 11.6 Å². The fourth-order valence-electron chi connectivity index (χ4n) is 2.67. The number of hydrogen-bond acceptors (Lipinski definition) is 2. The molecule has 3 rings (SSSR count). The van der Waals surface area contributed by atoms with Gasteiger partial charge in [0.25, 0.3) is 5.91 Å². The summed E-state index contributed by atoms with van der Waals surface area (Å²) in [6.07, 6.45) is 3.45. The first-order valence-corrected chi connectivity index (χ1v) is 7.85. The van der Waals surface area contributed by atoms with Crippen LogP contribution in [-0.4, -0.2) is 12.5 Å². The van der Waals surface area contributed by atoms with Crippen molar-refractivity contribution in [3.63, 3.8) is 0 Å². The van der Waals surface area contributed by atoms with E-state index in [0.717, 1.165) is 24.2 Å². The lowest BCUT2D eigenvalue weighted by Crippen LogP contribution is -2.28. The number of amides is 1. The van der Waals surface area contributed by atoms with Crippen molar-refractivity contribution >= 4 is 17.5 Å². The first kappa shape index (κ1) is 14.9. The smallest absolute Gasteiger partial charge is 0.258 e. The lowest BCUT2D eigenvalue weighted by Gasteiger charge is -2.09. The highest BCUT2D eigenvalue weighted by molar-refractivity contribution is 6.31. The van der Waals surface area contributed by atoms with Gasteiger partial charge in [0.05, 0.1) is 0 Å². The summed E-state index contributed by atoms with van der Waals surface area (Å²) in [5.74, 6) is 0.606. The van der Waals surface area contributed by atoms with Gasteiger partial charge < -0.3 is 10.1 Å². The number of carbonyl (C=O) groups is 1. The van der Waals surface area contributed by atoms with Gasteiger partial charge in [0.2, 0.25) is 0 Å². The monoisotopic (exact) mass is 315 g/mol. The zero-order chi connectivity index (χ0) is 15.4. The van der Waals surface area contributed by atoms with E-state index in [-0.39, 0.29) is 12.5 Å². The van der Waals surface area contributed by atoms with E-state index in [4.69, 9.17) is 16.3 Å². The van der Waals surface area contributed by atoms with Gasteiger partial charge in [-0.2, -0.15) is 0 Å². The van der Waals surface area contributed by atoms with E-state index < -0.39 is 0 Å². The van der Waals surface area contributed by atoms with Crippen LogP contribution < -0.4 is 10.1 Å². The highest BCUT2D eigenvalue weighted by atomic mass is 35.5. The molecular formula is C18H18ClNO2. The molecule has 1 N–H and O–H groups in total. The maximum Gasteiger partial charge on any atom is 0.258 e. The topological polar surface area (TPSA) is 38.3 Å². The van der Waals surface area contributed by atoms with E-state index in [9.17, 15) is 4.79 Å². The Bertz CT molecular complexity index is 685. The van der Waals surface area contributed by atoms with E-state index >= 15 is 0 Å². The molecule has 4 heteroatoms. The Hall–Kier alpha value is -2.00. The molecule has 0 bridgehead atoms. The Labute approximate surface area is 135 Å². The second-order valence-corrected chi connectivity index (χ2v) is 5.85. The Morgan fingerprint density at radius 2 is 1.95 bits per heavy atom. The minimum absolute atomic E-state index is 0.0171. The van der Waals surface area contributed by atoms with Crippen molar-refractivity contribution in [3.05, 3.63) is 64.2 Å². The molecule has 0 saturated heterocycles. The third-order valence-corrected chi connectivity index (χ3v) is 4.24. The molecule has 0 fully saturated rings. The van der Waals surface area contributed by atoms with Crippen molar-refractivity contribution in [3.8, 4) is 5.75 Å². The maximum absolute atomic E-state index is 11.9. The number of nitrogens with one attached hydrogen (secondary N) is 1. The van der Waals surface area contributed by atoms with E-state index in [1.165, 1.54) is 17.5 Å². The maximum atomic E-state index is 11.9. The van der Waals surface area contributed by atoms with Crippen molar-refractivity contribution in [1.29, 1.82) is 0 Å². The van der Waals surface area contributed by atoms with E-state index in [1.807, 2.05) is 36.4 Å². The molecule has 0 atom stereocenters. The van der Waals surface area contributed by atoms with Gasteiger partial charge in [-0.1, -0.05) is 35.9 Å². The molecule has 0 spiro atoms. The Balaban J connectivity index is 1.49. The Morgan fingerprint density at radius 1 is 1.14 bits per heavy atom. The van der Waals surface area contributed by atoms with Crippen molar-refractivity contribution in [2.24, 2.45) is 0 Å². The molecule has 1 aliphatic carbocycles. The number of hydrogen-bond donors (Lipinski definition) is 1. The summed E-state index contributed by atoms with van der Waals surface area (Å²) in [4.78, 5) is 11.9. The summed E-state index contributed by atoms with van der Waals surface area (Å²) in [5.41, 5.74) is 3.64. The van der Waals surface area contributed by atoms with Gasteiger partial charge in [-0.05, 0) is 54.2 Å². The van der Waals surface area contributed by atoms with Crippen LogP contribution in [0.2, 0.25) is 5.02 Å². The summed E-state index contributed by atoms with van der Waals surface area (Å²) in [6.45, 7) is 0.426. The Kier molecular flexibility index (Phi) is 4.64. The fourth-order valence-corrected chi connectivity index (χ4v) is 2.88. The van der Waals surface area contributed by atoms with Crippen LogP contribution in [0.1, 0.15) is 23.1 Å². The lowest BCUT2D eigenvalue weighted by atomic mass is 10.1. The minimum atomic E-state index is -0.152. The van der Waals surface area contributed by atoms with Gasteiger partial charge in [-0.3, -0.25) is 4.79 Å². The van der Waals surface area contributed by atoms with Gasteiger partial charge in [0.1, 0.15) is 5.75 Å². The highest BCUT2D eigenvalue weighted by Crippen LogP contribution is 2.25. The molecule has 3 nitrogen and oxygen atoms in total. The molecule has 2 aromatic carbocycles. The van der Waals surface area contributed by atoms with Crippen LogP contribution in [0.5, 0.6) is 5.75 Å². The summed E-state index contributed by atoms with van der Waals surface area (Å²) in [5, 5.41) is 3.47. The molecule has 1 aliphatic rings. The number of halogens is 1. The van der Waals surface area contributed by atoms with Gasteiger partial charge in [0.15, 0.2) is 6.61 Å². The molecule has 0 radical (unpaired) electrons.